The van der Waals surface area contributed by atoms with Crippen LogP contribution in [-0.4, -0.2) is 211 Å². The van der Waals surface area contributed by atoms with Gasteiger partial charge in [0.25, 0.3) is 0 Å². The number of hydrogen-bond donors (Lipinski definition) is 1. The predicted octanol–water partition coefficient (Wildman–Crippen LogP) is -1.32. The summed E-state index contributed by atoms with van der Waals surface area (Å²) >= 11 is 0. The van der Waals surface area contributed by atoms with Gasteiger partial charge in [0.05, 0.1) is 0 Å². The maximum absolute atomic E-state index is 0. The molecule has 0 amide bonds. The monoisotopic (exact) mass is 191 g/mol. The largest absolute Gasteiger partial charge is 0.870 e. The first-order valence-electron chi connectivity index (χ1n) is 0. The van der Waals surface area contributed by atoms with Crippen LogP contribution in [0.2, 0.25) is 0 Å². The van der Waals surface area contributed by atoms with E-state index in [0.717, 1.165) is 0 Å². The van der Waals surface area contributed by atoms with Crippen molar-refractivity contribution in [1.29, 1.82) is 0 Å². The minimum Gasteiger partial charge on any atom is -0.870 e. The third-order valence-corrected chi connectivity index (χ3v) is 0. The predicted molar refractivity (Wildman–Crippen MR) is 30.9 cm³/mol. The van der Waals surface area contributed by atoms with Crippen molar-refractivity contribution in [1.82, 2.24) is 6.15 Å². The summed E-state index contributed by atoms with van der Waals surface area (Å²) in [4.78, 5) is 0. The van der Waals surface area contributed by atoms with E-state index in [1.807, 2.05) is 0 Å². The maximum Gasteiger partial charge on any atom is 0 e. The molecule has 0 heterocycles. The van der Waals surface area contributed by atoms with E-state index in [2.05, 4.69) is 0 Å². The number of hydrogen-bond acceptors (Lipinski definition) is 1. The van der Waals surface area contributed by atoms with E-state index in [9.17, 15) is 0 Å². The smallest absolute Gasteiger partial charge is 0 e. The average molecular weight is 191 g/mol. The average Bonchev–Trinajstić information content (AvgIpc) is 0. The fourth-order valence-corrected chi connectivity index (χ4v) is 0. The normalized spacial score (nSPS) is 0. The van der Waals surface area contributed by atoms with E-state index < -0.39 is 0 Å². The SMILES string of the molecule is [K].[K].[K].[K].[NH4+].[OH-]. The van der Waals surface area contributed by atoms with Crippen molar-refractivity contribution >= 4 is 206 Å². The Balaban J connectivity index is 0. The van der Waals surface area contributed by atoms with E-state index in [1.54, 1.807) is 0 Å². The molecule has 5 N–H and O–H groups in total. The van der Waals surface area contributed by atoms with Crippen molar-refractivity contribution in [3.63, 3.8) is 0 Å². The molecule has 0 aromatic rings. The molecule has 0 spiro atoms. The van der Waals surface area contributed by atoms with Crippen molar-refractivity contribution < 1.29 is 5.48 Å². The Hall–Kier alpha value is 6.47. The topological polar surface area (TPSA) is 66.5 Å². The van der Waals surface area contributed by atoms with E-state index in [0.29, 0.717) is 0 Å². The van der Waals surface area contributed by atoms with Crippen LogP contribution in [0.25, 0.3) is 0 Å². The van der Waals surface area contributed by atoms with Gasteiger partial charge in [0.2, 0.25) is 0 Å². The molecule has 0 aromatic carbocycles. The first-order valence-corrected chi connectivity index (χ1v) is 0. The molecule has 0 saturated heterocycles. The molecule has 0 atom stereocenters. The summed E-state index contributed by atoms with van der Waals surface area (Å²) in [5.41, 5.74) is 0. The molecule has 0 aliphatic heterocycles. The zero-order valence-electron chi connectivity index (χ0n) is 5.45. The molecule has 0 rings (SSSR count). The Kier molecular flexibility index (Phi) is 196. The maximum atomic E-state index is 0. The second-order valence-corrected chi connectivity index (χ2v) is 0. The van der Waals surface area contributed by atoms with Gasteiger partial charge in [-0.3, -0.25) is 0 Å². The third kappa shape index (κ3) is 22.4. The first kappa shape index (κ1) is 39.2. The molecule has 0 saturated carbocycles. The van der Waals surface area contributed by atoms with Crippen molar-refractivity contribution in [3.8, 4) is 0 Å². The van der Waals surface area contributed by atoms with Crippen LogP contribution in [0.15, 0.2) is 0 Å². The van der Waals surface area contributed by atoms with E-state index in [1.165, 1.54) is 0 Å². The Morgan fingerprint density at radius 1 is 0.500 bits per heavy atom. The summed E-state index contributed by atoms with van der Waals surface area (Å²) in [7, 11) is 0. The minimum atomic E-state index is 0. The number of rotatable bonds is 0. The molecule has 0 fully saturated rings. The Labute approximate surface area is 209 Å². The van der Waals surface area contributed by atoms with E-state index in [-0.39, 0.29) is 217 Å². The molecule has 0 aliphatic carbocycles. The first-order chi connectivity index (χ1) is 0. The van der Waals surface area contributed by atoms with Gasteiger partial charge in [-0.2, -0.15) is 0 Å². The van der Waals surface area contributed by atoms with E-state index in [4.69, 9.17) is 0 Å². The van der Waals surface area contributed by atoms with Gasteiger partial charge in [0.15, 0.2) is 0 Å². The van der Waals surface area contributed by atoms with Crippen LogP contribution in [0.5, 0.6) is 0 Å². The van der Waals surface area contributed by atoms with Crippen LogP contribution in [0.4, 0.5) is 0 Å². The van der Waals surface area contributed by atoms with E-state index >= 15 is 0 Å². The van der Waals surface area contributed by atoms with Crippen LogP contribution in [0.1, 0.15) is 0 Å². The van der Waals surface area contributed by atoms with Crippen molar-refractivity contribution in [2.75, 3.05) is 0 Å². The van der Waals surface area contributed by atoms with Gasteiger partial charge in [0, 0.05) is 206 Å². The van der Waals surface area contributed by atoms with Crippen molar-refractivity contribution in [2.45, 2.75) is 0 Å². The summed E-state index contributed by atoms with van der Waals surface area (Å²) < 4.78 is 0. The molecular weight excluding hydrogens is 186 g/mol. The molecule has 0 unspecified atom stereocenters. The molecule has 6 heavy (non-hydrogen) atoms. The zero-order chi connectivity index (χ0) is 0. The zero-order valence-corrected chi connectivity index (χ0v) is 17.9. The Morgan fingerprint density at radius 2 is 0.500 bits per heavy atom. The van der Waals surface area contributed by atoms with Gasteiger partial charge >= 0.3 is 0 Å². The molecular formula is H5K4NO. The third-order valence-electron chi connectivity index (χ3n) is 0. The van der Waals surface area contributed by atoms with Crippen molar-refractivity contribution in [3.05, 3.63) is 0 Å². The molecule has 0 bridgehead atoms. The molecule has 20 valence electrons. The molecule has 4 radical (unpaired) electrons. The summed E-state index contributed by atoms with van der Waals surface area (Å²) in [6.45, 7) is 0. The standard InChI is InChI=1S/4K.H3N.H2O/h;;;;1H3;1H2. The fourth-order valence-electron chi connectivity index (χ4n) is 0. The Bertz CT molecular complexity index is 7.51. The van der Waals surface area contributed by atoms with Gasteiger partial charge in [-0.25, -0.2) is 0 Å². The van der Waals surface area contributed by atoms with Crippen LogP contribution in [-0.2, 0) is 0 Å². The van der Waals surface area contributed by atoms with Gasteiger partial charge in [-0.1, -0.05) is 0 Å². The molecule has 0 aliphatic rings. The van der Waals surface area contributed by atoms with Crippen LogP contribution >= 0.6 is 0 Å². The van der Waals surface area contributed by atoms with Gasteiger partial charge in [0.1, 0.15) is 0 Å². The molecule has 2 nitrogen and oxygen atoms in total. The number of quaternary nitrogens is 1. The van der Waals surface area contributed by atoms with Gasteiger partial charge in [-0.05, 0) is 0 Å². The summed E-state index contributed by atoms with van der Waals surface area (Å²) in [5, 5.41) is 0. The molecule has 0 aromatic heterocycles. The second-order valence-electron chi connectivity index (χ2n) is 0. The minimum absolute atomic E-state index is 0. The summed E-state index contributed by atoms with van der Waals surface area (Å²) in [6.07, 6.45) is 0. The van der Waals surface area contributed by atoms with Gasteiger partial charge < -0.3 is 11.6 Å². The molecule has 6 heteroatoms. The summed E-state index contributed by atoms with van der Waals surface area (Å²) in [6, 6.07) is 0. The Morgan fingerprint density at radius 3 is 0.500 bits per heavy atom. The summed E-state index contributed by atoms with van der Waals surface area (Å²) in [5.74, 6) is 0. The second kappa shape index (κ2) is 30.0. The van der Waals surface area contributed by atoms with Crippen LogP contribution < -0.4 is 6.15 Å². The van der Waals surface area contributed by atoms with Crippen LogP contribution in [0, 0.1) is 0 Å². The fraction of sp³-hybridized carbons (Fsp3) is 0. The van der Waals surface area contributed by atoms with Gasteiger partial charge in [-0.15, -0.1) is 0 Å². The van der Waals surface area contributed by atoms with Crippen LogP contribution in [0.3, 0.4) is 0 Å². The quantitative estimate of drug-likeness (QED) is 0.474. The van der Waals surface area contributed by atoms with Crippen molar-refractivity contribution in [2.24, 2.45) is 0 Å².